The summed E-state index contributed by atoms with van der Waals surface area (Å²) in [5.41, 5.74) is 2.28. The average Bonchev–Trinajstić information content (AvgIpc) is 2.53. The minimum Gasteiger partial charge on any atom is -0.490 e. The molecule has 1 unspecified atom stereocenters. The van der Waals surface area contributed by atoms with E-state index in [0.29, 0.717) is 13.2 Å². The first-order valence-corrected chi connectivity index (χ1v) is 7.79. The molecule has 0 amide bonds. The van der Waals surface area contributed by atoms with Gasteiger partial charge in [-0.2, -0.15) is 0 Å². The first-order valence-electron chi connectivity index (χ1n) is 7.79. The Kier molecular flexibility index (Phi) is 6.28. The molecule has 0 aliphatic heterocycles. The summed E-state index contributed by atoms with van der Waals surface area (Å²) in [6, 6.07) is 16.1. The summed E-state index contributed by atoms with van der Waals surface area (Å²) in [5.74, 6) is 1.52. The van der Waals surface area contributed by atoms with Crippen LogP contribution >= 0.6 is 0 Å². The molecule has 0 bridgehead atoms. The van der Waals surface area contributed by atoms with Gasteiger partial charge < -0.3 is 14.6 Å². The van der Waals surface area contributed by atoms with Crippen molar-refractivity contribution >= 4 is 0 Å². The zero-order chi connectivity index (χ0) is 15.8. The SMILES string of the molecule is CCOc1cc(CCC(C)O)ccc1OCc1ccccc1. The summed E-state index contributed by atoms with van der Waals surface area (Å²) in [6.07, 6.45) is 1.29. The summed E-state index contributed by atoms with van der Waals surface area (Å²) < 4.78 is 11.6. The summed E-state index contributed by atoms with van der Waals surface area (Å²) in [6.45, 7) is 4.89. The maximum atomic E-state index is 9.40. The topological polar surface area (TPSA) is 38.7 Å². The van der Waals surface area contributed by atoms with Gasteiger partial charge in [-0.15, -0.1) is 0 Å². The third kappa shape index (κ3) is 5.08. The summed E-state index contributed by atoms with van der Waals surface area (Å²) in [5, 5.41) is 9.40. The Labute approximate surface area is 132 Å². The number of ether oxygens (including phenoxy) is 2. The van der Waals surface area contributed by atoms with Gasteiger partial charge in [0.2, 0.25) is 0 Å². The van der Waals surface area contributed by atoms with E-state index in [1.807, 2.05) is 55.5 Å². The molecular formula is C19H24O3. The lowest BCUT2D eigenvalue weighted by molar-refractivity contribution is 0.185. The fourth-order valence-electron chi connectivity index (χ4n) is 2.21. The molecule has 0 heterocycles. The number of benzene rings is 2. The van der Waals surface area contributed by atoms with Crippen LogP contribution in [0.2, 0.25) is 0 Å². The zero-order valence-electron chi connectivity index (χ0n) is 13.3. The number of rotatable bonds is 8. The second-order valence-electron chi connectivity index (χ2n) is 5.38. The Hall–Kier alpha value is -2.00. The Morgan fingerprint density at radius 3 is 2.41 bits per heavy atom. The van der Waals surface area contributed by atoms with E-state index in [1.54, 1.807) is 6.92 Å². The Morgan fingerprint density at radius 1 is 0.955 bits per heavy atom. The Morgan fingerprint density at radius 2 is 1.73 bits per heavy atom. The molecule has 2 aromatic rings. The predicted octanol–water partition coefficient (Wildman–Crippen LogP) is 3.98. The summed E-state index contributed by atoms with van der Waals surface area (Å²) in [7, 11) is 0. The number of hydrogen-bond donors (Lipinski definition) is 1. The van der Waals surface area contributed by atoms with Crippen LogP contribution in [0.1, 0.15) is 31.4 Å². The molecule has 0 aromatic heterocycles. The molecular weight excluding hydrogens is 276 g/mol. The van der Waals surface area contributed by atoms with Gasteiger partial charge in [0, 0.05) is 0 Å². The van der Waals surface area contributed by atoms with Crippen molar-refractivity contribution in [3.63, 3.8) is 0 Å². The van der Waals surface area contributed by atoms with Crippen LogP contribution in [0.25, 0.3) is 0 Å². The highest BCUT2D eigenvalue weighted by Crippen LogP contribution is 2.29. The highest BCUT2D eigenvalue weighted by molar-refractivity contribution is 5.43. The maximum absolute atomic E-state index is 9.40. The Bertz CT molecular complexity index is 564. The molecule has 0 aliphatic carbocycles. The molecule has 2 rings (SSSR count). The third-order valence-electron chi connectivity index (χ3n) is 3.40. The van der Waals surface area contributed by atoms with Crippen LogP contribution in [0.4, 0.5) is 0 Å². The van der Waals surface area contributed by atoms with Gasteiger partial charge in [0.1, 0.15) is 6.61 Å². The number of aryl methyl sites for hydroxylation is 1. The molecule has 1 N–H and O–H groups in total. The van der Waals surface area contributed by atoms with E-state index < -0.39 is 0 Å². The molecule has 22 heavy (non-hydrogen) atoms. The van der Waals surface area contributed by atoms with Crippen LogP contribution in [0.3, 0.4) is 0 Å². The van der Waals surface area contributed by atoms with Crippen LogP contribution in [-0.4, -0.2) is 17.8 Å². The molecule has 0 radical (unpaired) electrons. The standard InChI is InChI=1S/C19H24O3/c1-3-21-19-13-16(10-9-15(2)20)11-12-18(19)22-14-17-7-5-4-6-8-17/h4-8,11-13,15,20H,3,9-10,14H2,1-2H3. The first kappa shape index (κ1) is 16.4. The first-order chi connectivity index (χ1) is 10.7. The largest absolute Gasteiger partial charge is 0.490 e. The minimum atomic E-state index is -0.287. The lowest BCUT2D eigenvalue weighted by atomic mass is 10.1. The lowest BCUT2D eigenvalue weighted by Crippen LogP contribution is -2.03. The highest BCUT2D eigenvalue weighted by Gasteiger charge is 2.08. The van der Waals surface area contributed by atoms with Crippen molar-refractivity contribution in [2.75, 3.05) is 6.61 Å². The molecule has 118 valence electrons. The zero-order valence-corrected chi connectivity index (χ0v) is 13.3. The van der Waals surface area contributed by atoms with Crippen molar-refractivity contribution in [3.8, 4) is 11.5 Å². The molecule has 1 atom stereocenters. The van der Waals surface area contributed by atoms with Crippen LogP contribution in [0.15, 0.2) is 48.5 Å². The van der Waals surface area contributed by atoms with Crippen molar-refractivity contribution < 1.29 is 14.6 Å². The number of aliphatic hydroxyl groups is 1. The Balaban J connectivity index is 2.05. The van der Waals surface area contributed by atoms with Crippen molar-refractivity contribution in [1.82, 2.24) is 0 Å². The second kappa shape index (κ2) is 8.44. The molecule has 0 saturated carbocycles. The van der Waals surface area contributed by atoms with E-state index in [2.05, 4.69) is 0 Å². The molecule has 0 spiro atoms. The average molecular weight is 300 g/mol. The monoisotopic (exact) mass is 300 g/mol. The number of aliphatic hydroxyl groups excluding tert-OH is 1. The molecule has 2 aromatic carbocycles. The quantitative estimate of drug-likeness (QED) is 0.801. The van der Waals surface area contributed by atoms with E-state index in [1.165, 1.54) is 0 Å². The fourth-order valence-corrected chi connectivity index (χ4v) is 2.21. The van der Waals surface area contributed by atoms with Crippen molar-refractivity contribution in [3.05, 3.63) is 59.7 Å². The van der Waals surface area contributed by atoms with Gasteiger partial charge in [-0.25, -0.2) is 0 Å². The van der Waals surface area contributed by atoms with Gasteiger partial charge in [0.15, 0.2) is 11.5 Å². The maximum Gasteiger partial charge on any atom is 0.161 e. The molecule has 0 aliphatic rings. The molecule has 3 nitrogen and oxygen atoms in total. The molecule has 0 fully saturated rings. The van der Waals surface area contributed by atoms with E-state index >= 15 is 0 Å². The van der Waals surface area contributed by atoms with Crippen LogP contribution < -0.4 is 9.47 Å². The highest BCUT2D eigenvalue weighted by atomic mass is 16.5. The van der Waals surface area contributed by atoms with Crippen molar-refractivity contribution in [2.45, 2.75) is 39.4 Å². The predicted molar refractivity (Wildman–Crippen MR) is 88.4 cm³/mol. The fraction of sp³-hybridized carbons (Fsp3) is 0.368. The van der Waals surface area contributed by atoms with Gasteiger partial charge in [0.05, 0.1) is 12.7 Å². The lowest BCUT2D eigenvalue weighted by Gasteiger charge is -2.14. The van der Waals surface area contributed by atoms with Crippen molar-refractivity contribution in [2.24, 2.45) is 0 Å². The van der Waals surface area contributed by atoms with E-state index in [4.69, 9.17) is 9.47 Å². The molecule has 0 saturated heterocycles. The van der Waals surface area contributed by atoms with Crippen LogP contribution in [0.5, 0.6) is 11.5 Å². The van der Waals surface area contributed by atoms with E-state index in [9.17, 15) is 5.11 Å². The van der Waals surface area contributed by atoms with Gasteiger partial charge in [0.25, 0.3) is 0 Å². The van der Waals surface area contributed by atoms with Crippen molar-refractivity contribution in [1.29, 1.82) is 0 Å². The van der Waals surface area contributed by atoms with E-state index in [-0.39, 0.29) is 6.10 Å². The van der Waals surface area contributed by atoms with Gasteiger partial charge in [-0.3, -0.25) is 0 Å². The van der Waals surface area contributed by atoms with E-state index in [0.717, 1.165) is 35.5 Å². The van der Waals surface area contributed by atoms with Crippen LogP contribution in [0, 0.1) is 0 Å². The second-order valence-corrected chi connectivity index (χ2v) is 5.38. The van der Waals surface area contributed by atoms with Gasteiger partial charge >= 0.3 is 0 Å². The van der Waals surface area contributed by atoms with Crippen LogP contribution in [-0.2, 0) is 13.0 Å². The van der Waals surface area contributed by atoms with Gasteiger partial charge in [-0.05, 0) is 49.9 Å². The number of hydrogen-bond acceptors (Lipinski definition) is 3. The summed E-state index contributed by atoms with van der Waals surface area (Å²) >= 11 is 0. The normalized spacial score (nSPS) is 12.0. The summed E-state index contributed by atoms with van der Waals surface area (Å²) in [4.78, 5) is 0. The third-order valence-corrected chi connectivity index (χ3v) is 3.40. The minimum absolute atomic E-state index is 0.287. The van der Waals surface area contributed by atoms with Gasteiger partial charge in [-0.1, -0.05) is 36.4 Å². The molecule has 3 heteroatoms. The smallest absolute Gasteiger partial charge is 0.161 e.